The van der Waals surface area contributed by atoms with Crippen molar-refractivity contribution in [2.24, 2.45) is 0 Å². The Kier molecular flexibility index (Phi) is 3.17. The minimum atomic E-state index is -0.430. The first kappa shape index (κ1) is 11.0. The fourth-order valence-corrected chi connectivity index (χ4v) is 1.82. The van der Waals surface area contributed by atoms with Crippen molar-refractivity contribution in [3.63, 3.8) is 0 Å². The summed E-state index contributed by atoms with van der Waals surface area (Å²) in [5.41, 5.74) is 0.949. The van der Waals surface area contributed by atoms with Gasteiger partial charge >= 0.3 is 0 Å². The quantitative estimate of drug-likeness (QED) is 0.613. The Bertz CT molecular complexity index is 376. The van der Waals surface area contributed by atoms with Crippen LogP contribution in [0.3, 0.4) is 0 Å². The van der Waals surface area contributed by atoms with E-state index in [9.17, 15) is 15.2 Å². The molecule has 16 heavy (non-hydrogen) atoms. The fourth-order valence-electron chi connectivity index (χ4n) is 1.82. The van der Waals surface area contributed by atoms with E-state index >= 15 is 0 Å². The molecule has 0 bridgehead atoms. The van der Waals surface area contributed by atoms with Gasteiger partial charge in [-0.1, -0.05) is 0 Å². The van der Waals surface area contributed by atoms with Crippen molar-refractivity contribution in [1.82, 2.24) is 0 Å². The number of hydrogen-bond donors (Lipinski definition) is 1. The highest BCUT2D eigenvalue weighted by Crippen LogP contribution is 2.28. The van der Waals surface area contributed by atoms with Crippen LogP contribution in [0.1, 0.15) is 24.5 Å². The predicted octanol–water partition coefficient (Wildman–Crippen LogP) is 1.81. The normalized spacial score (nSPS) is 25.3. The number of benzene rings is 1. The van der Waals surface area contributed by atoms with Crippen LogP contribution in [0.4, 0.5) is 5.69 Å². The van der Waals surface area contributed by atoms with Gasteiger partial charge in [-0.05, 0) is 24.1 Å². The summed E-state index contributed by atoms with van der Waals surface area (Å²) < 4.78 is 5.50. The van der Waals surface area contributed by atoms with Gasteiger partial charge in [0.15, 0.2) is 0 Å². The van der Waals surface area contributed by atoms with Crippen LogP contribution in [0.25, 0.3) is 0 Å². The molecule has 5 nitrogen and oxygen atoms in total. The lowest BCUT2D eigenvalue weighted by molar-refractivity contribution is -0.384. The molecule has 86 valence electrons. The Labute approximate surface area is 92.8 Å². The molecule has 1 N–H and O–H groups in total. The van der Waals surface area contributed by atoms with E-state index in [4.69, 9.17) is 4.74 Å². The van der Waals surface area contributed by atoms with Crippen LogP contribution in [0.15, 0.2) is 24.3 Å². The van der Waals surface area contributed by atoms with Gasteiger partial charge in [-0.3, -0.25) is 10.1 Å². The molecule has 1 heterocycles. The van der Waals surface area contributed by atoms with Crippen molar-refractivity contribution >= 4 is 5.69 Å². The molecule has 1 aromatic carbocycles. The average molecular weight is 223 g/mol. The molecule has 1 fully saturated rings. The first-order valence-corrected chi connectivity index (χ1v) is 5.21. The maximum Gasteiger partial charge on any atom is 0.269 e. The molecule has 0 saturated carbocycles. The lowest BCUT2D eigenvalue weighted by Gasteiger charge is -2.26. The molecular weight excluding hydrogens is 210 g/mol. The van der Waals surface area contributed by atoms with E-state index in [0.29, 0.717) is 19.4 Å². The number of aliphatic hydroxyl groups is 1. The van der Waals surface area contributed by atoms with Crippen molar-refractivity contribution in [2.75, 3.05) is 6.61 Å². The van der Waals surface area contributed by atoms with Gasteiger partial charge in [-0.25, -0.2) is 0 Å². The van der Waals surface area contributed by atoms with Crippen LogP contribution in [-0.2, 0) is 4.74 Å². The van der Waals surface area contributed by atoms with Crippen LogP contribution < -0.4 is 0 Å². The van der Waals surface area contributed by atoms with Gasteiger partial charge in [0.2, 0.25) is 0 Å². The molecule has 1 aliphatic rings. The molecule has 0 unspecified atom stereocenters. The third-order valence-electron chi connectivity index (χ3n) is 2.73. The monoisotopic (exact) mass is 223 g/mol. The molecule has 0 aliphatic carbocycles. The summed E-state index contributed by atoms with van der Waals surface area (Å²) in [7, 11) is 0. The summed E-state index contributed by atoms with van der Waals surface area (Å²) in [5.74, 6) is 0. The zero-order valence-electron chi connectivity index (χ0n) is 8.70. The molecule has 2 atom stereocenters. The van der Waals surface area contributed by atoms with E-state index < -0.39 is 4.92 Å². The summed E-state index contributed by atoms with van der Waals surface area (Å²) in [4.78, 5) is 10.0. The van der Waals surface area contributed by atoms with Crippen LogP contribution in [-0.4, -0.2) is 22.7 Å². The van der Waals surface area contributed by atoms with E-state index in [1.165, 1.54) is 12.1 Å². The predicted molar refractivity (Wildman–Crippen MR) is 57.0 cm³/mol. The number of nitro benzene ring substituents is 1. The van der Waals surface area contributed by atoms with Crippen molar-refractivity contribution in [3.05, 3.63) is 39.9 Å². The highest BCUT2D eigenvalue weighted by Gasteiger charge is 2.22. The zero-order chi connectivity index (χ0) is 11.5. The second kappa shape index (κ2) is 4.59. The Morgan fingerprint density at radius 1 is 1.38 bits per heavy atom. The number of nitrogens with zero attached hydrogens (tertiary/aromatic N) is 1. The van der Waals surface area contributed by atoms with Crippen molar-refractivity contribution < 1.29 is 14.8 Å². The van der Waals surface area contributed by atoms with Crippen LogP contribution in [0.2, 0.25) is 0 Å². The lowest BCUT2D eigenvalue weighted by Crippen LogP contribution is -2.23. The highest BCUT2D eigenvalue weighted by molar-refractivity contribution is 5.33. The van der Waals surface area contributed by atoms with Gasteiger partial charge in [0.1, 0.15) is 0 Å². The van der Waals surface area contributed by atoms with Gasteiger partial charge in [0.05, 0.1) is 17.1 Å². The Hall–Kier alpha value is -1.46. The molecule has 1 saturated heterocycles. The zero-order valence-corrected chi connectivity index (χ0v) is 8.70. The molecule has 2 rings (SSSR count). The highest BCUT2D eigenvalue weighted by atomic mass is 16.6. The van der Waals surface area contributed by atoms with E-state index in [1.807, 2.05) is 0 Å². The van der Waals surface area contributed by atoms with Crippen LogP contribution in [0, 0.1) is 10.1 Å². The average Bonchev–Trinajstić information content (AvgIpc) is 2.29. The van der Waals surface area contributed by atoms with E-state index in [-0.39, 0.29) is 17.9 Å². The topological polar surface area (TPSA) is 72.6 Å². The van der Waals surface area contributed by atoms with Crippen LogP contribution >= 0.6 is 0 Å². The van der Waals surface area contributed by atoms with Gasteiger partial charge in [0.25, 0.3) is 5.69 Å². The largest absolute Gasteiger partial charge is 0.393 e. The number of non-ortho nitro benzene ring substituents is 1. The minimum Gasteiger partial charge on any atom is -0.393 e. The Morgan fingerprint density at radius 2 is 2.06 bits per heavy atom. The second-order valence-electron chi connectivity index (χ2n) is 3.89. The first-order chi connectivity index (χ1) is 7.66. The van der Waals surface area contributed by atoms with E-state index in [2.05, 4.69) is 0 Å². The van der Waals surface area contributed by atoms with Crippen molar-refractivity contribution in [1.29, 1.82) is 0 Å². The molecule has 0 radical (unpaired) electrons. The fraction of sp³-hybridized carbons (Fsp3) is 0.455. The van der Waals surface area contributed by atoms with Gasteiger partial charge < -0.3 is 9.84 Å². The Morgan fingerprint density at radius 3 is 2.62 bits per heavy atom. The lowest BCUT2D eigenvalue weighted by atomic mass is 9.99. The summed E-state index contributed by atoms with van der Waals surface area (Å²) >= 11 is 0. The summed E-state index contributed by atoms with van der Waals surface area (Å²) in [6, 6.07) is 6.28. The van der Waals surface area contributed by atoms with Gasteiger partial charge in [-0.2, -0.15) is 0 Å². The molecule has 0 spiro atoms. The Balaban J connectivity index is 2.11. The molecule has 0 amide bonds. The summed E-state index contributed by atoms with van der Waals surface area (Å²) in [5, 5.41) is 20.0. The SMILES string of the molecule is O=[N+]([O-])c1ccc([C@H]2C[C@@H](O)CCO2)cc1. The standard InChI is InChI=1S/C11H13NO4/c13-10-5-6-16-11(7-10)8-1-3-9(4-2-8)12(14)15/h1-4,10-11,13H,5-7H2/t10-,11+/m0/s1. The number of rotatable bonds is 2. The number of nitro groups is 1. The smallest absolute Gasteiger partial charge is 0.269 e. The van der Waals surface area contributed by atoms with Gasteiger partial charge in [0, 0.05) is 25.2 Å². The first-order valence-electron chi connectivity index (χ1n) is 5.21. The van der Waals surface area contributed by atoms with E-state index in [0.717, 1.165) is 5.56 Å². The molecule has 0 aromatic heterocycles. The molecular formula is C11H13NO4. The second-order valence-corrected chi connectivity index (χ2v) is 3.89. The maximum atomic E-state index is 10.5. The summed E-state index contributed by atoms with van der Waals surface area (Å²) in [6.45, 7) is 0.531. The number of hydrogen-bond acceptors (Lipinski definition) is 4. The van der Waals surface area contributed by atoms with Gasteiger partial charge in [-0.15, -0.1) is 0 Å². The molecule has 1 aromatic rings. The minimum absolute atomic E-state index is 0.0695. The van der Waals surface area contributed by atoms with Crippen molar-refractivity contribution in [2.45, 2.75) is 25.0 Å². The number of ether oxygens (including phenoxy) is 1. The van der Waals surface area contributed by atoms with E-state index in [1.54, 1.807) is 12.1 Å². The molecule has 5 heteroatoms. The third-order valence-corrected chi connectivity index (χ3v) is 2.73. The summed E-state index contributed by atoms with van der Waals surface area (Å²) in [6.07, 6.45) is 0.722. The van der Waals surface area contributed by atoms with Crippen molar-refractivity contribution in [3.8, 4) is 0 Å². The third kappa shape index (κ3) is 2.37. The maximum absolute atomic E-state index is 10.5. The van der Waals surface area contributed by atoms with Crippen LogP contribution in [0.5, 0.6) is 0 Å². The molecule has 1 aliphatic heterocycles. The number of aliphatic hydroxyl groups excluding tert-OH is 1.